The first-order valence-electron chi connectivity index (χ1n) is 15.2. The van der Waals surface area contributed by atoms with E-state index in [2.05, 4.69) is 4.98 Å². The number of carbonyl (C=O) groups excluding carboxylic acids is 3. The highest BCUT2D eigenvalue weighted by Gasteiger charge is 2.38. The quantitative estimate of drug-likeness (QED) is 0.165. The lowest BCUT2D eigenvalue weighted by atomic mass is 9.90. The van der Waals surface area contributed by atoms with Gasteiger partial charge in [-0.1, -0.05) is 19.1 Å². The second-order valence-electron chi connectivity index (χ2n) is 10.9. The van der Waals surface area contributed by atoms with Crippen LogP contribution in [0.25, 0.3) is 0 Å². The van der Waals surface area contributed by atoms with Crippen molar-refractivity contribution in [3.05, 3.63) is 77.1 Å². The number of benzene rings is 2. The van der Waals surface area contributed by atoms with E-state index in [0.29, 0.717) is 72.6 Å². The minimum atomic E-state index is -0.730. The summed E-state index contributed by atoms with van der Waals surface area (Å²) < 4.78 is 27.8. The van der Waals surface area contributed by atoms with Crippen LogP contribution in [0.2, 0.25) is 0 Å². The van der Waals surface area contributed by atoms with Crippen LogP contribution < -0.4 is 18.9 Å². The van der Waals surface area contributed by atoms with E-state index < -0.39 is 24.0 Å². The maximum atomic E-state index is 14.1. The number of ether oxygens (including phenoxy) is 5. The molecule has 3 aromatic rings. The Labute approximate surface area is 264 Å². The molecule has 0 bridgehead atoms. The molecule has 1 aromatic heterocycles. The van der Waals surface area contributed by atoms with Gasteiger partial charge in [0, 0.05) is 24.5 Å². The van der Waals surface area contributed by atoms with Gasteiger partial charge in [-0.3, -0.25) is 14.6 Å². The molecule has 2 heterocycles. The Morgan fingerprint density at radius 1 is 0.956 bits per heavy atom. The average molecular weight is 619 g/mol. The molecule has 1 aliphatic rings. The molecule has 240 valence electrons. The fraction of sp³-hybridized carbons (Fsp3) is 0.429. The van der Waals surface area contributed by atoms with Crippen LogP contribution in [0.3, 0.4) is 0 Å². The zero-order valence-corrected chi connectivity index (χ0v) is 26.6. The summed E-state index contributed by atoms with van der Waals surface area (Å²) in [5.41, 5.74) is 2.70. The van der Waals surface area contributed by atoms with Gasteiger partial charge in [0.1, 0.15) is 12.1 Å². The van der Waals surface area contributed by atoms with Crippen LogP contribution >= 0.6 is 0 Å². The summed E-state index contributed by atoms with van der Waals surface area (Å²) in [5, 5.41) is 0. The summed E-state index contributed by atoms with van der Waals surface area (Å²) in [6, 6.07) is 12.1. The first kappa shape index (κ1) is 33.3. The predicted octanol–water partition coefficient (Wildman–Crippen LogP) is 5.72. The van der Waals surface area contributed by atoms with E-state index >= 15 is 0 Å². The van der Waals surface area contributed by atoms with Crippen LogP contribution in [-0.2, 0) is 20.7 Å². The molecule has 3 atom stereocenters. The standard InChI is InChI=1S/C35H42N2O8/c1-6-27(25-19-26(22-38)33(44-5)32(20-25)43-4)34(39)37-17-8-7-11-28(37)35(40)45-29(24-10-9-16-36-21-24)14-12-23-13-15-30(41-2)31(18-23)42-3/h9-10,13,15-16,18-22,27-29H,6-8,11-12,14,17H2,1-5H3/t27-,28?,29+/m0/s1. The Balaban J connectivity index is 1.56. The molecule has 1 unspecified atom stereocenters. The van der Waals surface area contributed by atoms with Gasteiger partial charge in [-0.2, -0.15) is 0 Å². The monoisotopic (exact) mass is 618 g/mol. The second kappa shape index (κ2) is 15.9. The van der Waals surface area contributed by atoms with Crippen LogP contribution in [0.1, 0.15) is 78.1 Å². The van der Waals surface area contributed by atoms with Crippen molar-refractivity contribution < 1.29 is 38.1 Å². The molecular weight excluding hydrogens is 576 g/mol. The van der Waals surface area contributed by atoms with Crippen molar-refractivity contribution >= 4 is 18.2 Å². The normalized spacial score (nSPS) is 15.8. The van der Waals surface area contributed by atoms with Gasteiger partial charge in [-0.25, -0.2) is 4.79 Å². The molecule has 0 radical (unpaired) electrons. The smallest absolute Gasteiger partial charge is 0.329 e. The number of likely N-dealkylation sites (tertiary alicyclic amines) is 1. The Bertz CT molecular complexity index is 1460. The number of amides is 1. The molecule has 45 heavy (non-hydrogen) atoms. The lowest BCUT2D eigenvalue weighted by Gasteiger charge is -2.37. The van der Waals surface area contributed by atoms with Crippen molar-refractivity contribution in [3.63, 3.8) is 0 Å². The van der Waals surface area contributed by atoms with Gasteiger partial charge in [-0.15, -0.1) is 0 Å². The summed E-state index contributed by atoms with van der Waals surface area (Å²) in [6.45, 7) is 2.34. The highest BCUT2D eigenvalue weighted by Crippen LogP contribution is 2.37. The number of aldehydes is 1. The molecule has 10 nitrogen and oxygen atoms in total. The minimum Gasteiger partial charge on any atom is -0.493 e. The van der Waals surface area contributed by atoms with E-state index in [1.54, 1.807) is 43.6 Å². The van der Waals surface area contributed by atoms with E-state index in [-0.39, 0.29) is 5.91 Å². The van der Waals surface area contributed by atoms with Gasteiger partial charge in [0.2, 0.25) is 5.91 Å². The third-order valence-electron chi connectivity index (χ3n) is 8.28. The second-order valence-corrected chi connectivity index (χ2v) is 10.9. The first-order chi connectivity index (χ1) is 21.9. The summed E-state index contributed by atoms with van der Waals surface area (Å²) >= 11 is 0. The molecule has 1 fully saturated rings. The van der Waals surface area contributed by atoms with Crippen molar-refractivity contribution in [1.82, 2.24) is 9.88 Å². The summed E-state index contributed by atoms with van der Waals surface area (Å²) in [7, 11) is 6.13. The van der Waals surface area contributed by atoms with Crippen molar-refractivity contribution in [1.29, 1.82) is 0 Å². The zero-order chi connectivity index (χ0) is 32.3. The molecule has 2 aromatic carbocycles. The number of pyridine rings is 1. The Kier molecular flexibility index (Phi) is 11.8. The van der Waals surface area contributed by atoms with E-state index in [4.69, 9.17) is 23.7 Å². The lowest BCUT2D eigenvalue weighted by molar-refractivity contribution is -0.162. The maximum Gasteiger partial charge on any atom is 0.329 e. The van der Waals surface area contributed by atoms with Crippen LogP contribution in [0.15, 0.2) is 54.9 Å². The number of piperidine rings is 1. The minimum absolute atomic E-state index is 0.188. The lowest BCUT2D eigenvalue weighted by Crippen LogP contribution is -2.50. The predicted molar refractivity (Wildman–Crippen MR) is 168 cm³/mol. The molecule has 10 heteroatoms. The fourth-order valence-electron chi connectivity index (χ4n) is 5.91. The molecule has 0 N–H and O–H groups in total. The number of rotatable bonds is 14. The molecule has 0 saturated carbocycles. The Morgan fingerprint density at radius 3 is 2.38 bits per heavy atom. The van der Waals surface area contributed by atoms with Gasteiger partial charge in [0.15, 0.2) is 29.3 Å². The average Bonchev–Trinajstić information content (AvgIpc) is 3.09. The SMILES string of the molecule is CC[C@H](C(=O)N1CCCCC1C(=O)O[C@H](CCc1ccc(OC)c(OC)c1)c1cccnc1)c1cc(C=O)c(OC)c(OC)c1. The number of esters is 1. The molecule has 0 aliphatic carbocycles. The van der Waals surface area contributed by atoms with Gasteiger partial charge < -0.3 is 28.6 Å². The van der Waals surface area contributed by atoms with Gasteiger partial charge in [-0.05, 0) is 80.0 Å². The molecule has 4 rings (SSSR count). The molecule has 1 saturated heterocycles. The van der Waals surface area contributed by atoms with Gasteiger partial charge in [0.05, 0.1) is 39.9 Å². The number of hydrogen-bond acceptors (Lipinski definition) is 9. The third-order valence-corrected chi connectivity index (χ3v) is 8.28. The highest BCUT2D eigenvalue weighted by atomic mass is 16.5. The molecule has 1 amide bonds. The summed E-state index contributed by atoms with van der Waals surface area (Å²) in [6.07, 6.45) is 7.15. The van der Waals surface area contributed by atoms with Crippen LogP contribution in [0, 0.1) is 0 Å². The number of aromatic nitrogens is 1. The maximum absolute atomic E-state index is 14.1. The molecule has 1 aliphatic heterocycles. The topological polar surface area (TPSA) is 113 Å². The number of carbonyl (C=O) groups is 3. The van der Waals surface area contributed by atoms with E-state index in [9.17, 15) is 14.4 Å². The zero-order valence-electron chi connectivity index (χ0n) is 26.6. The Hall–Kier alpha value is -4.60. The Morgan fingerprint density at radius 2 is 1.73 bits per heavy atom. The largest absolute Gasteiger partial charge is 0.493 e. The van der Waals surface area contributed by atoms with E-state index in [1.807, 2.05) is 37.3 Å². The van der Waals surface area contributed by atoms with Gasteiger partial charge in [0.25, 0.3) is 0 Å². The number of nitrogens with zero attached hydrogens (tertiary/aromatic N) is 2. The highest BCUT2D eigenvalue weighted by molar-refractivity contribution is 5.90. The van der Waals surface area contributed by atoms with Gasteiger partial charge >= 0.3 is 5.97 Å². The van der Waals surface area contributed by atoms with Crippen molar-refractivity contribution in [3.8, 4) is 23.0 Å². The van der Waals surface area contributed by atoms with Crippen molar-refractivity contribution in [2.24, 2.45) is 0 Å². The number of aryl methyl sites for hydroxylation is 1. The number of methoxy groups -OCH3 is 4. The summed E-state index contributed by atoms with van der Waals surface area (Å²) in [5.74, 6) is 0.725. The van der Waals surface area contributed by atoms with Crippen LogP contribution in [0.4, 0.5) is 0 Å². The molecule has 0 spiro atoms. The molecular formula is C35H42N2O8. The van der Waals surface area contributed by atoms with Crippen LogP contribution in [-0.4, -0.2) is 69.1 Å². The third kappa shape index (κ3) is 7.74. The number of hydrogen-bond donors (Lipinski definition) is 0. The van der Waals surface area contributed by atoms with Crippen molar-refractivity contribution in [2.45, 2.75) is 63.5 Å². The fourth-order valence-corrected chi connectivity index (χ4v) is 5.91. The van der Waals surface area contributed by atoms with Crippen LogP contribution in [0.5, 0.6) is 23.0 Å². The van der Waals surface area contributed by atoms with E-state index in [0.717, 1.165) is 24.0 Å². The van der Waals surface area contributed by atoms with E-state index in [1.165, 1.54) is 14.2 Å². The van der Waals surface area contributed by atoms with Crippen molar-refractivity contribution in [2.75, 3.05) is 35.0 Å². The first-order valence-corrected chi connectivity index (χ1v) is 15.2. The summed E-state index contributed by atoms with van der Waals surface area (Å²) in [4.78, 5) is 45.7.